The predicted octanol–water partition coefficient (Wildman–Crippen LogP) is 2.14. The molecule has 2 aromatic rings. The number of benzene rings is 1. The normalized spacial score (nSPS) is 10.4. The number of hydrogen-bond acceptors (Lipinski definition) is 3. The Morgan fingerprint density at radius 3 is 2.72 bits per heavy atom. The van der Waals surface area contributed by atoms with Crippen LogP contribution in [0.2, 0.25) is 0 Å². The standard InChI is InChI=1S/C14H20N4/c1-17(2)14-7-5-4-6-13(14)15-9-8-12-10-16-18(3)11-12/h4-7,10-11,15H,8-9H2,1-3H3. The number of nitrogens with one attached hydrogen (secondary N) is 1. The van der Waals surface area contributed by atoms with Crippen LogP contribution in [0.15, 0.2) is 36.7 Å². The second kappa shape index (κ2) is 5.58. The highest BCUT2D eigenvalue weighted by Gasteiger charge is 2.03. The Morgan fingerprint density at radius 2 is 2.06 bits per heavy atom. The quantitative estimate of drug-likeness (QED) is 0.874. The Balaban J connectivity index is 1.94. The highest BCUT2D eigenvalue weighted by molar-refractivity contribution is 5.69. The maximum absolute atomic E-state index is 4.17. The van der Waals surface area contributed by atoms with E-state index in [1.807, 2.05) is 17.9 Å². The van der Waals surface area contributed by atoms with Crippen molar-refractivity contribution in [3.63, 3.8) is 0 Å². The van der Waals surface area contributed by atoms with E-state index in [0.717, 1.165) is 13.0 Å². The molecule has 2 rings (SSSR count). The third kappa shape index (κ3) is 3.03. The van der Waals surface area contributed by atoms with Crippen LogP contribution in [-0.4, -0.2) is 30.4 Å². The number of aromatic nitrogens is 2. The van der Waals surface area contributed by atoms with Crippen LogP contribution in [0, 0.1) is 0 Å². The van der Waals surface area contributed by atoms with Gasteiger partial charge in [-0.25, -0.2) is 0 Å². The van der Waals surface area contributed by atoms with Crippen molar-refractivity contribution in [3.8, 4) is 0 Å². The lowest BCUT2D eigenvalue weighted by Crippen LogP contribution is -2.13. The summed E-state index contributed by atoms with van der Waals surface area (Å²) in [6.07, 6.45) is 4.95. The molecule has 0 aliphatic carbocycles. The molecule has 0 saturated carbocycles. The van der Waals surface area contributed by atoms with Crippen molar-refractivity contribution in [2.24, 2.45) is 7.05 Å². The highest BCUT2D eigenvalue weighted by atomic mass is 15.2. The van der Waals surface area contributed by atoms with Crippen molar-refractivity contribution in [1.29, 1.82) is 0 Å². The molecule has 0 saturated heterocycles. The Hall–Kier alpha value is -1.97. The number of nitrogens with zero attached hydrogens (tertiary/aromatic N) is 3. The van der Waals surface area contributed by atoms with E-state index in [2.05, 4.69) is 59.9 Å². The molecule has 0 unspecified atom stereocenters. The molecule has 0 atom stereocenters. The van der Waals surface area contributed by atoms with Crippen LogP contribution in [0.5, 0.6) is 0 Å². The SMILES string of the molecule is CN(C)c1ccccc1NCCc1cnn(C)c1. The summed E-state index contributed by atoms with van der Waals surface area (Å²) in [7, 11) is 6.06. The Kier molecular flexibility index (Phi) is 3.87. The van der Waals surface area contributed by atoms with Crippen molar-refractivity contribution in [2.75, 3.05) is 30.9 Å². The molecule has 18 heavy (non-hydrogen) atoms. The molecule has 0 amide bonds. The van der Waals surface area contributed by atoms with Gasteiger partial charge in [0.05, 0.1) is 17.6 Å². The molecular weight excluding hydrogens is 224 g/mol. The van der Waals surface area contributed by atoms with Gasteiger partial charge < -0.3 is 10.2 Å². The maximum Gasteiger partial charge on any atom is 0.0596 e. The van der Waals surface area contributed by atoms with Crippen LogP contribution >= 0.6 is 0 Å². The molecule has 0 fully saturated rings. The first kappa shape index (κ1) is 12.5. The minimum Gasteiger partial charge on any atom is -0.383 e. The zero-order valence-corrected chi connectivity index (χ0v) is 11.2. The van der Waals surface area contributed by atoms with Gasteiger partial charge in [0.2, 0.25) is 0 Å². The van der Waals surface area contributed by atoms with Gasteiger partial charge in [0.1, 0.15) is 0 Å². The van der Waals surface area contributed by atoms with Gasteiger partial charge in [0.25, 0.3) is 0 Å². The van der Waals surface area contributed by atoms with Crippen molar-refractivity contribution >= 4 is 11.4 Å². The molecule has 1 N–H and O–H groups in total. The molecule has 0 radical (unpaired) electrons. The topological polar surface area (TPSA) is 33.1 Å². The molecule has 4 heteroatoms. The second-order valence-electron chi connectivity index (χ2n) is 4.61. The third-order valence-corrected chi connectivity index (χ3v) is 2.87. The Bertz CT molecular complexity index is 502. The Labute approximate surface area is 108 Å². The van der Waals surface area contributed by atoms with Crippen molar-refractivity contribution in [3.05, 3.63) is 42.2 Å². The van der Waals surface area contributed by atoms with Crippen LogP contribution < -0.4 is 10.2 Å². The van der Waals surface area contributed by atoms with Crippen LogP contribution in [0.25, 0.3) is 0 Å². The van der Waals surface area contributed by atoms with Crippen molar-refractivity contribution < 1.29 is 0 Å². The van der Waals surface area contributed by atoms with Gasteiger partial charge in [-0.15, -0.1) is 0 Å². The summed E-state index contributed by atoms with van der Waals surface area (Å²) in [5, 5.41) is 7.64. The highest BCUT2D eigenvalue weighted by Crippen LogP contribution is 2.23. The van der Waals surface area contributed by atoms with Crippen molar-refractivity contribution in [1.82, 2.24) is 9.78 Å². The number of hydrogen-bond donors (Lipinski definition) is 1. The van der Waals surface area contributed by atoms with Crippen LogP contribution in [0.4, 0.5) is 11.4 Å². The summed E-state index contributed by atoms with van der Waals surface area (Å²) in [6.45, 7) is 0.913. The summed E-state index contributed by atoms with van der Waals surface area (Å²) >= 11 is 0. The molecule has 1 heterocycles. The first-order valence-corrected chi connectivity index (χ1v) is 6.14. The number of aryl methyl sites for hydroxylation is 1. The first-order chi connectivity index (χ1) is 8.66. The molecule has 0 spiro atoms. The third-order valence-electron chi connectivity index (χ3n) is 2.87. The minimum absolute atomic E-state index is 0.913. The lowest BCUT2D eigenvalue weighted by Gasteiger charge is -2.18. The van der Waals surface area contributed by atoms with Gasteiger partial charge in [-0.1, -0.05) is 12.1 Å². The summed E-state index contributed by atoms with van der Waals surface area (Å²) in [5.41, 5.74) is 3.64. The van der Waals surface area contributed by atoms with E-state index in [4.69, 9.17) is 0 Å². The fourth-order valence-corrected chi connectivity index (χ4v) is 1.96. The van der Waals surface area contributed by atoms with Crippen LogP contribution in [0.1, 0.15) is 5.56 Å². The van der Waals surface area contributed by atoms with E-state index in [-0.39, 0.29) is 0 Å². The molecule has 1 aromatic carbocycles. The van der Waals surface area contributed by atoms with Gasteiger partial charge in [0.15, 0.2) is 0 Å². The van der Waals surface area contributed by atoms with Gasteiger partial charge in [-0.05, 0) is 24.1 Å². The van der Waals surface area contributed by atoms with E-state index >= 15 is 0 Å². The molecule has 0 aliphatic heterocycles. The molecule has 1 aromatic heterocycles. The monoisotopic (exact) mass is 244 g/mol. The van der Waals surface area contributed by atoms with Crippen LogP contribution in [-0.2, 0) is 13.5 Å². The average Bonchev–Trinajstić information content (AvgIpc) is 2.75. The average molecular weight is 244 g/mol. The fourth-order valence-electron chi connectivity index (χ4n) is 1.96. The smallest absolute Gasteiger partial charge is 0.0596 e. The summed E-state index contributed by atoms with van der Waals surface area (Å²) in [4.78, 5) is 2.12. The minimum atomic E-state index is 0.913. The van der Waals surface area contributed by atoms with Crippen LogP contribution in [0.3, 0.4) is 0 Å². The second-order valence-corrected chi connectivity index (χ2v) is 4.61. The van der Waals surface area contributed by atoms with E-state index in [1.165, 1.54) is 16.9 Å². The molecule has 4 nitrogen and oxygen atoms in total. The lowest BCUT2D eigenvalue weighted by atomic mass is 10.2. The maximum atomic E-state index is 4.17. The largest absolute Gasteiger partial charge is 0.383 e. The van der Waals surface area contributed by atoms with Gasteiger partial charge in [-0.3, -0.25) is 4.68 Å². The first-order valence-electron chi connectivity index (χ1n) is 6.14. The summed E-state index contributed by atoms with van der Waals surface area (Å²) in [6, 6.07) is 8.34. The van der Waals surface area contributed by atoms with Gasteiger partial charge in [0, 0.05) is 33.9 Å². The molecule has 0 aliphatic rings. The molecule has 0 bridgehead atoms. The molecule has 96 valence electrons. The van der Waals surface area contributed by atoms with E-state index in [1.54, 1.807) is 0 Å². The fraction of sp³-hybridized carbons (Fsp3) is 0.357. The van der Waals surface area contributed by atoms with E-state index in [9.17, 15) is 0 Å². The summed E-state index contributed by atoms with van der Waals surface area (Å²) in [5.74, 6) is 0. The predicted molar refractivity (Wildman–Crippen MR) is 76.2 cm³/mol. The summed E-state index contributed by atoms with van der Waals surface area (Å²) < 4.78 is 1.84. The van der Waals surface area contributed by atoms with E-state index < -0.39 is 0 Å². The number of anilines is 2. The number of para-hydroxylation sites is 2. The van der Waals surface area contributed by atoms with Gasteiger partial charge in [-0.2, -0.15) is 5.10 Å². The van der Waals surface area contributed by atoms with E-state index in [0.29, 0.717) is 0 Å². The van der Waals surface area contributed by atoms with Crippen molar-refractivity contribution in [2.45, 2.75) is 6.42 Å². The zero-order chi connectivity index (χ0) is 13.0. The zero-order valence-electron chi connectivity index (χ0n) is 11.2. The van der Waals surface area contributed by atoms with Gasteiger partial charge >= 0.3 is 0 Å². The molecular formula is C14H20N4. The lowest BCUT2D eigenvalue weighted by molar-refractivity contribution is 0.767. The number of rotatable bonds is 5. The Morgan fingerprint density at radius 1 is 1.28 bits per heavy atom.